The Hall–Kier alpha value is -0.830. The minimum absolute atomic E-state index is 0.00454. The lowest BCUT2D eigenvalue weighted by Crippen LogP contribution is -2.31. The van der Waals surface area contributed by atoms with E-state index in [0.717, 1.165) is 19.1 Å². The fourth-order valence-electron chi connectivity index (χ4n) is 0.960. The fourth-order valence-corrected chi connectivity index (χ4v) is 0.960. The molecule has 0 bridgehead atoms. The first-order valence-corrected chi connectivity index (χ1v) is 4.47. The Morgan fingerprint density at radius 3 is 2.83 bits per heavy atom. The summed E-state index contributed by atoms with van der Waals surface area (Å²) in [5.74, 6) is -0.00454. The van der Waals surface area contributed by atoms with Crippen molar-refractivity contribution in [1.82, 2.24) is 10.6 Å². The molecular formula is C9H16N2O. The molecule has 2 N–H and O–H groups in total. The highest BCUT2D eigenvalue weighted by Gasteiger charge is 2.19. The van der Waals surface area contributed by atoms with Crippen LogP contribution in [0.4, 0.5) is 0 Å². The van der Waals surface area contributed by atoms with E-state index in [0.29, 0.717) is 0 Å². The fraction of sp³-hybridized carbons (Fsp3) is 0.667. The first-order valence-electron chi connectivity index (χ1n) is 4.47. The molecule has 68 valence electrons. The minimum atomic E-state index is -0.00454. The topological polar surface area (TPSA) is 41.1 Å². The van der Waals surface area contributed by atoms with Crippen molar-refractivity contribution in [2.24, 2.45) is 0 Å². The van der Waals surface area contributed by atoms with Gasteiger partial charge in [-0.25, -0.2) is 0 Å². The molecular weight excluding hydrogens is 152 g/mol. The number of hydrogen-bond acceptors (Lipinski definition) is 2. The van der Waals surface area contributed by atoms with E-state index >= 15 is 0 Å². The van der Waals surface area contributed by atoms with Gasteiger partial charge in [0.05, 0.1) is 0 Å². The second-order valence-corrected chi connectivity index (χ2v) is 3.02. The molecule has 0 heterocycles. The van der Waals surface area contributed by atoms with Crippen LogP contribution in [-0.4, -0.2) is 25.0 Å². The van der Waals surface area contributed by atoms with E-state index in [9.17, 15) is 4.79 Å². The van der Waals surface area contributed by atoms with E-state index in [2.05, 4.69) is 10.6 Å². The zero-order valence-electron chi connectivity index (χ0n) is 7.47. The van der Waals surface area contributed by atoms with E-state index in [1.807, 2.05) is 6.92 Å². The van der Waals surface area contributed by atoms with Gasteiger partial charge in [-0.05, 0) is 25.8 Å². The summed E-state index contributed by atoms with van der Waals surface area (Å²) < 4.78 is 0. The molecule has 3 nitrogen and oxygen atoms in total. The summed E-state index contributed by atoms with van der Waals surface area (Å²) in [6.07, 6.45) is 5.87. The number of carbonyl (C=O) groups excluding carboxylic acids is 1. The smallest absolute Gasteiger partial charge is 0.243 e. The molecule has 1 saturated carbocycles. The molecule has 1 amide bonds. The third-order valence-corrected chi connectivity index (χ3v) is 1.75. The van der Waals surface area contributed by atoms with Crippen molar-refractivity contribution in [3.8, 4) is 0 Å². The monoisotopic (exact) mass is 168 g/mol. The van der Waals surface area contributed by atoms with E-state index < -0.39 is 0 Å². The van der Waals surface area contributed by atoms with Crippen molar-refractivity contribution in [2.75, 3.05) is 13.1 Å². The molecule has 0 aromatic heterocycles. The number of nitrogens with one attached hydrogen (secondary N) is 2. The van der Waals surface area contributed by atoms with Gasteiger partial charge in [0.15, 0.2) is 0 Å². The molecule has 1 aliphatic carbocycles. The Morgan fingerprint density at radius 2 is 2.25 bits per heavy atom. The van der Waals surface area contributed by atoms with E-state index in [4.69, 9.17) is 0 Å². The molecule has 1 aliphatic rings. The first-order chi connectivity index (χ1) is 5.83. The summed E-state index contributed by atoms with van der Waals surface area (Å²) in [5.41, 5.74) is 0. The second kappa shape index (κ2) is 4.93. The van der Waals surface area contributed by atoms with E-state index in [-0.39, 0.29) is 5.91 Å². The molecule has 12 heavy (non-hydrogen) atoms. The van der Waals surface area contributed by atoms with Crippen molar-refractivity contribution < 1.29 is 4.79 Å². The van der Waals surface area contributed by atoms with Crippen molar-refractivity contribution >= 4 is 5.91 Å². The number of carbonyl (C=O) groups is 1. The van der Waals surface area contributed by atoms with Gasteiger partial charge in [0.2, 0.25) is 5.91 Å². The van der Waals surface area contributed by atoms with Crippen molar-refractivity contribution in [3.05, 3.63) is 12.2 Å². The van der Waals surface area contributed by atoms with Gasteiger partial charge in [-0.2, -0.15) is 0 Å². The number of rotatable bonds is 5. The van der Waals surface area contributed by atoms with Gasteiger partial charge in [-0.1, -0.05) is 6.08 Å². The molecule has 0 atom stereocenters. The molecule has 0 saturated heterocycles. The zero-order valence-corrected chi connectivity index (χ0v) is 7.47. The van der Waals surface area contributed by atoms with Gasteiger partial charge in [0, 0.05) is 19.1 Å². The van der Waals surface area contributed by atoms with Gasteiger partial charge in [0.1, 0.15) is 0 Å². The molecule has 0 radical (unpaired) electrons. The van der Waals surface area contributed by atoms with Crippen molar-refractivity contribution in [3.63, 3.8) is 0 Å². The number of allylic oxidation sites excluding steroid dienone is 1. The van der Waals surface area contributed by atoms with Crippen LogP contribution in [0.15, 0.2) is 12.2 Å². The lowest BCUT2D eigenvalue weighted by molar-refractivity contribution is -0.116. The summed E-state index contributed by atoms with van der Waals surface area (Å²) >= 11 is 0. The summed E-state index contributed by atoms with van der Waals surface area (Å²) in [5, 5.41) is 6.09. The molecule has 0 aromatic rings. The molecule has 1 fully saturated rings. The highest BCUT2D eigenvalue weighted by molar-refractivity contribution is 5.87. The van der Waals surface area contributed by atoms with Gasteiger partial charge < -0.3 is 10.6 Å². The maximum atomic E-state index is 10.9. The lowest BCUT2D eigenvalue weighted by Gasteiger charge is -2.02. The summed E-state index contributed by atoms with van der Waals surface area (Å²) in [4.78, 5) is 10.9. The number of hydrogen-bond donors (Lipinski definition) is 2. The van der Waals surface area contributed by atoms with Gasteiger partial charge in [-0.15, -0.1) is 0 Å². The lowest BCUT2D eigenvalue weighted by atomic mass is 10.5. The first kappa shape index (κ1) is 9.26. The maximum Gasteiger partial charge on any atom is 0.243 e. The molecule has 0 spiro atoms. The van der Waals surface area contributed by atoms with Crippen LogP contribution in [-0.2, 0) is 4.79 Å². The minimum Gasteiger partial charge on any atom is -0.351 e. The Labute approximate surface area is 73.2 Å². The van der Waals surface area contributed by atoms with Crippen LogP contribution >= 0.6 is 0 Å². The highest BCUT2D eigenvalue weighted by Crippen LogP contribution is 2.17. The number of amides is 1. The van der Waals surface area contributed by atoms with Gasteiger partial charge in [0.25, 0.3) is 0 Å². The van der Waals surface area contributed by atoms with Gasteiger partial charge >= 0.3 is 0 Å². The molecule has 0 aromatic carbocycles. The second-order valence-electron chi connectivity index (χ2n) is 3.02. The predicted octanol–water partition coefficient (Wildman–Crippen LogP) is 0.431. The largest absolute Gasteiger partial charge is 0.351 e. The SMILES string of the molecule is CC=CC(=O)NCCNC1CC1. The third-order valence-electron chi connectivity index (χ3n) is 1.75. The van der Waals surface area contributed by atoms with Crippen LogP contribution in [0.25, 0.3) is 0 Å². The Kier molecular flexibility index (Phi) is 3.80. The normalized spacial score (nSPS) is 16.8. The van der Waals surface area contributed by atoms with Crippen molar-refractivity contribution in [2.45, 2.75) is 25.8 Å². The third kappa shape index (κ3) is 4.13. The van der Waals surface area contributed by atoms with E-state index in [1.165, 1.54) is 18.9 Å². The predicted molar refractivity (Wildman–Crippen MR) is 48.8 cm³/mol. The molecule has 3 heteroatoms. The average molecular weight is 168 g/mol. The van der Waals surface area contributed by atoms with Crippen LogP contribution in [0.1, 0.15) is 19.8 Å². The van der Waals surface area contributed by atoms with Crippen LogP contribution in [0.2, 0.25) is 0 Å². The van der Waals surface area contributed by atoms with Crippen LogP contribution in [0.3, 0.4) is 0 Å². The Bertz CT molecular complexity index is 173. The quantitative estimate of drug-likeness (QED) is 0.462. The highest BCUT2D eigenvalue weighted by atomic mass is 16.1. The maximum absolute atomic E-state index is 10.9. The van der Waals surface area contributed by atoms with Crippen molar-refractivity contribution in [1.29, 1.82) is 0 Å². The molecule has 0 aliphatic heterocycles. The van der Waals surface area contributed by atoms with Crippen LogP contribution in [0, 0.1) is 0 Å². The average Bonchev–Trinajstić information content (AvgIpc) is 2.82. The summed E-state index contributed by atoms with van der Waals surface area (Å²) in [6.45, 7) is 3.44. The van der Waals surface area contributed by atoms with E-state index in [1.54, 1.807) is 6.08 Å². The Morgan fingerprint density at radius 1 is 1.50 bits per heavy atom. The van der Waals surface area contributed by atoms with Gasteiger partial charge in [-0.3, -0.25) is 4.79 Å². The van der Waals surface area contributed by atoms with Crippen LogP contribution in [0.5, 0.6) is 0 Å². The zero-order chi connectivity index (χ0) is 8.81. The standard InChI is InChI=1S/C9H16N2O/c1-2-3-9(12)11-7-6-10-8-4-5-8/h2-3,8,10H,4-7H2,1H3,(H,11,12). The molecule has 1 rings (SSSR count). The Balaban J connectivity index is 1.89. The van der Waals surface area contributed by atoms with Crippen LogP contribution < -0.4 is 10.6 Å². The summed E-state index contributed by atoms with van der Waals surface area (Å²) in [7, 11) is 0. The summed E-state index contributed by atoms with van der Waals surface area (Å²) in [6, 6.07) is 0.726. The molecule has 0 unspecified atom stereocenters.